The van der Waals surface area contributed by atoms with Crippen LogP contribution in [0.4, 0.5) is 0 Å². The van der Waals surface area contributed by atoms with Crippen molar-refractivity contribution in [2.24, 2.45) is 0 Å². The summed E-state index contributed by atoms with van der Waals surface area (Å²) >= 11 is 0. The summed E-state index contributed by atoms with van der Waals surface area (Å²) in [5.41, 5.74) is 0.416. The Morgan fingerprint density at radius 2 is 2.00 bits per heavy atom. The molecule has 1 aliphatic carbocycles. The van der Waals surface area contributed by atoms with Crippen molar-refractivity contribution < 1.29 is 0 Å². The maximum atomic E-state index is 4.30. The van der Waals surface area contributed by atoms with Gasteiger partial charge in [-0.25, -0.2) is 0 Å². The van der Waals surface area contributed by atoms with E-state index >= 15 is 0 Å². The van der Waals surface area contributed by atoms with Crippen molar-refractivity contribution >= 4 is 0 Å². The third-order valence-electron chi connectivity index (χ3n) is 4.69. The van der Waals surface area contributed by atoms with Crippen LogP contribution in [0.5, 0.6) is 0 Å². The molecule has 1 saturated heterocycles. The molecule has 0 unspecified atom stereocenters. The van der Waals surface area contributed by atoms with Crippen molar-refractivity contribution in [2.45, 2.75) is 50.6 Å². The largest absolute Gasteiger partial charge is 0.310 e. The first-order valence-corrected chi connectivity index (χ1v) is 7.81. The quantitative estimate of drug-likeness (QED) is 0.903. The molecule has 2 heterocycles. The zero-order valence-electron chi connectivity index (χ0n) is 11.9. The minimum absolute atomic E-state index is 0.416. The lowest BCUT2D eigenvalue weighted by Crippen LogP contribution is -2.53. The zero-order chi connectivity index (χ0) is 13.0. The van der Waals surface area contributed by atoms with Crippen LogP contribution in [-0.2, 0) is 6.54 Å². The van der Waals surface area contributed by atoms with Crippen molar-refractivity contribution in [3.8, 4) is 0 Å². The Labute approximate surface area is 116 Å². The molecular formula is C15H26N4. The molecular weight excluding hydrogens is 236 g/mol. The van der Waals surface area contributed by atoms with Crippen LogP contribution in [0.25, 0.3) is 0 Å². The molecule has 106 valence electrons. The van der Waals surface area contributed by atoms with Gasteiger partial charge in [-0.2, -0.15) is 5.10 Å². The Hall–Kier alpha value is -0.870. The lowest BCUT2D eigenvalue weighted by Gasteiger charge is -2.40. The maximum absolute atomic E-state index is 4.30. The molecule has 3 rings (SSSR count). The molecule has 0 atom stereocenters. The predicted molar refractivity (Wildman–Crippen MR) is 77.1 cm³/mol. The highest BCUT2D eigenvalue weighted by Crippen LogP contribution is 2.30. The SMILES string of the molecule is c1cnn(CCN2CCCNC3(CCCCC3)C2)c1. The number of aromatic nitrogens is 2. The maximum Gasteiger partial charge on any atom is 0.0536 e. The van der Waals surface area contributed by atoms with Gasteiger partial charge in [-0.15, -0.1) is 0 Å². The van der Waals surface area contributed by atoms with Crippen LogP contribution in [0.1, 0.15) is 38.5 Å². The molecule has 0 aromatic carbocycles. The van der Waals surface area contributed by atoms with Crippen LogP contribution in [0, 0.1) is 0 Å². The molecule has 1 aromatic heterocycles. The lowest BCUT2D eigenvalue weighted by atomic mass is 9.81. The molecule has 0 radical (unpaired) electrons. The minimum Gasteiger partial charge on any atom is -0.310 e. The highest BCUT2D eigenvalue weighted by Gasteiger charge is 2.34. The first kappa shape index (κ1) is 13.1. The molecule has 1 aliphatic heterocycles. The fourth-order valence-electron chi connectivity index (χ4n) is 3.65. The van der Waals surface area contributed by atoms with Crippen molar-refractivity contribution in [1.82, 2.24) is 20.0 Å². The first-order chi connectivity index (χ1) is 9.36. The highest BCUT2D eigenvalue weighted by molar-refractivity contribution is 4.95. The molecule has 2 aliphatic rings. The Kier molecular flexibility index (Phi) is 4.18. The standard InChI is InChI=1S/C15H26N4/c1-2-6-15(7-3-1)14-18(10-4-8-16-15)12-13-19-11-5-9-17-19/h5,9,11,16H,1-4,6-8,10,12-14H2. The van der Waals surface area contributed by atoms with Crippen molar-refractivity contribution in [3.63, 3.8) is 0 Å². The summed E-state index contributed by atoms with van der Waals surface area (Å²) in [7, 11) is 0. The average Bonchev–Trinajstić information content (AvgIpc) is 2.88. The molecule has 4 nitrogen and oxygen atoms in total. The summed E-state index contributed by atoms with van der Waals surface area (Å²) in [6.07, 6.45) is 12.2. The van der Waals surface area contributed by atoms with E-state index < -0.39 is 0 Å². The first-order valence-electron chi connectivity index (χ1n) is 7.81. The number of hydrogen-bond acceptors (Lipinski definition) is 3. The summed E-state index contributed by atoms with van der Waals surface area (Å²) in [4.78, 5) is 2.65. The van der Waals surface area contributed by atoms with Gasteiger partial charge in [-0.3, -0.25) is 9.58 Å². The van der Waals surface area contributed by atoms with E-state index in [0.29, 0.717) is 5.54 Å². The van der Waals surface area contributed by atoms with Crippen molar-refractivity contribution in [1.29, 1.82) is 0 Å². The molecule has 1 aromatic rings. The highest BCUT2D eigenvalue weighted by atomic mass is 15.3. The number of hydrogen-bond donors (Lipinski definition) is 1. The summed E-state index contributed by atoms with van der Waals surface area (Å²) in [6.45, 7) is 5.80. The van der Waals surface area contributed by atoms with E-state index in [2.05, 4.69) is 21.5 Å². The van der Waals surface area contributed by atoms with Crippen LogP contribution in [0.3, 0.4) is 0 Å². The smallest absolute Gasteiger partial charge is 0.0536 e. The van der Waals surface area contributed by atoms with Gasteiger partial charge in [0.2, 0.25) is 0 Å². The van der Waals surface area contributed by atoms with Crippen molar-refractivity contribution in [2.75, 3.05) is 26.2 Å². The lowest BCUT2D eigenvalue weighted by molar-refractivity contribution is 0.159. The molecule has 0 amide bonds. The fourth-order valence-corrected chi connectivity index (χ4v) is 3.65. The summed E-state index contributed by atoms with van der Waals surface area (Å²) in [5, 5.41) is 8.16. The minimum atomic E-state index is 0.416. The number of nitrogens with zero attached hydrogens (tertiary/aromatic N) is 3. The third kappa shape index (κ3) is 3.37. The van der Waals surface area contributed by atoms with E-state index in [1.165, 1.54) is 58.2 Å². The van der Waals surface area contributed by atoms with E-state index in [1.807, 2.05) is 16.9 Å². The monoisotopic (exact) mass is 262 g/mol. The Balaban J connectivity index is 1.57. The summed E-state index contributed by atoms with van der Waals surface area (Å²) in [5.74, 6) is 0. The normalized spacial score (nSPS) is 24.4. The van der Waals surface area contributed by atoms with Gasteiger partial charge >= 0.3 is 0 Å². The second kappa shape index (κ2) is 6.06. The molecule has 1 saturated carbocycles. The molecule has 1 spiro atoms. The molecule has 1 N–H and O–H groups in total. The van der Waals surface area contributed by atoms with E-state index in [-0.39, 0.29) is 0 Å². The second-order valence-electron chi connectivity index (χ2n) is 6.17. The van der Waals surface area contributed by atoms with E-state index in [0.717, 1.165) is 13.1 Å². The van der Waals surface area contributed by atoms with Crippen LogP contribution in [0.2, 0.25) is 0 Å². The van der Waals surface area contributed by atoms with Gasteiger partial charge in [0.1, 0.15) is 0 Å². The summed E-state index contributed by atoms with van der Waals surface area (Å²) < 4.78 is 2.05. The average molecular weight is 262 g/mol. The Bertz CT molecular complexity index is 368. The van der Waals surface area contributed by atoms with Crippen LogP contribution in [-0.4, -0.2) is 46.4 Å². The molecule has 0 bridgehead atoms. The van der Waals surface area contributed by atoms with Gasteiger partial charge in [0.05, 0.1) is 6.54 Å². The van der Waals surface area contributed by atoms with Gasteiger partial charge in [0, 0.05) is 31.0 Å². The van der Waals surface area contributed by atoms with Crippen molar-refractivity contribution in [3.05, 3.63) is 18.5 Å². The molecule has 19 heavy (non-hydrogen) atoms. The van der Waals surface area contributed by atoms with E-state index in [9.17, 15) is 0 Å². The van der Waals surface area contributed by atoms with Crippen LogP contribution < -0.4 is 5.32 Å². The second-order valence-corrected chi connectivity index (χ2v) is 6.17. The van der Waals surface area contributed by atoms with Crippen LogP contribution >= 0.6 is 0 Å². The van der Waals surface area contributed by atoms with Gasteiger partial charge in [-0.05, 0) is 38.4 Å². The Morgan fingerprint density at radius 1 is 1.11 bits per heavy atom. The predicted octanol–water partition coefficient (Wildman–Crippen LogP) is 1.88. The van der Waals surface area contributed by atoms with Crippen LogP contribution in [0.15, 0.2) is 18.5 Å². The van der Waals surface area contributed by atoms with Gasteiger partial charge in [0.15, 0.2) is 0 Å². The van der Waals surface area contributed by atoms with Gasteiger partial charge in [-0.1, -0.05) is 19.3 Å². The summed E-state index contributed by atoms with van der Waals surface area (Å²) in [6, 6.07) is 2.01. The van der Waals surface area contributed by atoms with Gasteiger partial charge in [0.25, 0.3) is 0 Å². The number of rotatable bonds is 3. The number of nitrogens with one attached hydrogen (secondary N) is 1. The topological polar surface area (TPSA) is 33.1 Å². The molecule has 2 fully saturated rings. The third-order valence-corrected chi connectivity index (χ3v) is 4.69. The van der Waals surface area contributed by atoms with Gasteiger partial charge < -0.3 is 5.32 Å². The molecule has 4 heteroatoms. The fraction of sp³-hybridized carbons (Fsp3) is 0.800. The zero-order valence-corrected chi connectivity index (χ0v) is 11.9. The van der Waals surface area contributed by atoms with E-state index in [4.69, 9.17) is 0 Å². The van der Waals surface area contributed by atoms with E-state index in [1.54, 1.807) is 0 Å². The Morgan fingerprint density at radius 3 is 2.79 bits per heavy atom.